The molecule has 0 atom stereocenters. The third-order valence-electron chi connectivity index (χ3n) is 2.00. The Morgan fingerprint density at radius 2 is 2.27 bits per heavy atom. The van der Waals surface area contributed by atoms with E-state index in [-0.39, 0.29) is 6.42 Å². The lowest BCUT2D eigenvalue weighted by Gasteiger charge is -2.01. The fourth-order valence-electron chi connectivity index (χ4n) is 1.22. The van der Waals surface area contributed by atoms with Crippen molar-refractivity contribution in [3.8, 4) is 0 Å². The van der Waals surface area contributed by atoms with Gasteiger partial charge in [-0.05, 0) is 24.3 Å². The minimum absolute atomic E-state index is 0.269. The summed E-state index contributed by atoms with van der Waals surface area (Å²) in [5.74, 6) is -0.713. The lowest BCUT2D eigenvalue weighted by molar-refractivity contribution is -0.137. The summed E-state index contributed by atoms with van der Waals surface area (Å²) >= 11 is 1.69. The predicted molar refractivity (Wildman–Crippen MR) is 60.1 cm³/mol. The van der Waals surface area contributed by atoms with Gasteiger partial charge in [-0.25, -0.2) is 0 Å². The molecule has 0 aromatic carbocycles. The minimum Gasteiger partial charge on any atom is -0.481 e. The number of thiophene rings is 1. The van der Waals surface area contributed by atoms with Gasteiger partial charge in [0.05, 0.1) is 6.61 Å². The number of carboxylic acids is 1. The predicted octanol–water partition coefficient (Wildman–Crippen LogP) is 2.91. The van der Waals surface area contributed by atoms with E-state index in [2.05, 4.69) is 6.07 Å². The summed E-state index contributed by atoms with van der Waals surface area (Å²) in [6.45, 7) is 1.40. The molecule has 0 amide bonds. The highest BCUT2D eigenvalue weighted by atomic mass is 32.1. The molecule has 0 unspecified atom stereocenters. The van der Waals surface area contributed by atoms with Crippen LogP contribution in [0.2, 0.25) is 0 Å². The normalized spacial score (nSPS) is 10.4. The van der Waals surface area contributed by atoms with Crippen LogP contribution in [0, 0.1) is 0 Å². The van der Waals surface area contributed by atoms with E-state index in [1.165, 1.54) is 4.88 Å². The standard InChI is InChI=1S/C11H16O3S/c12-11(13)6-2-1-3-7-14-9-10-5-4-8-15-10/h4-5,8H,1-3,6-7,9H2,(H,12,13). The molecule has 3 nitrogen and oxygen atoms in total. The van der Waals surface area contributed by atoms with Crippen molar-refractivity contribution in [1.29, 1.82) is 0 Å². The van der Waals surface area contributed by atoms with Crippen LogP contribution in [0.25, 0.3) is 0 Å². The molecule has 0 aliphatic heterocycles. The minimum atomic E-state index is -0.713. The molecule has 0 bridgehead atoms. The van der Waals surface area contributed by atoms with E-state index < -0.39 is 5.97 Å². The van der Waals surface area contributed by atoms with Gasteiger partial charge < -0.3 is 9.84 Å². The third-order valence-corrected chi connectivity index (χ3v) is 2.85. The summed E-state index contributed by atoms with van der Waals surface area (Å²) in [6.07, 6.45) is 2.89. The molecule has 0 saturated heterocycles. The lowest BCUT2D eigenvalue weighted by Crippen LogP contribution is -1.96. The van der Waals surface area contributed by atoms with Crippen molar-refractivity contribution in [3.63, 3.8) is 0 Å². The van der Waals surface area contributed by atoms with Crippen molar-refractivity contribution >= 4 is 17.3 Å². The fourth-order valence-corrected chi connectivity index (χ4v) is 1.87. The maximum absolute atomic E-state index is 10.2. The van der Waals surface area contributed by atoms with Crippen molar-refractivity contribution in [2.45, 2.75) is 32.3 Å². The van der Waals surface area contributed by atoms with Crippen LogP contribution in [-0.4, -0.2) is 17.7 Å². The van der Waals surface area contributed by atoms with Crippen molar-refractivity contribution in [1.82, 2.24) is 0 Å². The Morgan fingerprint density at radius 1 is 1.40 bits per heavy atom. The van der Waals surface area contributed by atoms with Gasteiger partial charge in [0.2, 0.25) is 0 Å². The van der Waals surface area contributed by atoms with Gasteiger partial charge in [-0.1, -0.05) is 12.5 Å². The molecule has 0 saturated carbocycles. The highest BCUT2D eigenvalue weighted by molar-refractivity contribution is 7.09. The molecule has 0 radical (unpaired) electrons. The number of carbonyl (C=O) groups is 1. The van der Waals surface area contributed by atoms with Crippen LogP contribution < -0.4 is 0 Å². The average molecular weight is 228 g/mol. The zero-order chi connectivity index (χ0) is 10.9. The number of hydrogen-bond acceptors (Lipinski definition) is 3. The number of ether oxygens (including phenoxy) is 1. The maximum atomic E-state index is 10.2. The van der Waals surface area contributed by atoms with Crippen molar-refractivity contribution < 1.29 is 14.6 Å². The van der Waals surface area contributed by atoms with Crippen LogP contribution >= 0.6 is 11.3 Å². The molecule has 0 fully saturated rings. The van der Waals surface area contributed by atoms with E-state index in [1.807, 2.05) is 11.4 Å². The van der Waals surface area contributed by atoms with E-state index in [4.69, 9.17) is 9.84 Å². The van der Waals surface area contributed by atoms with Crippen molar-refractivity contribution in [3.05, 3.63) is 22.4 Å². The molecule has 0 aliphatic rings. The van der Waals surface area contributed by atoms with E-state index in [9.17, 15) is 4.79 Å². The Morgan fingerprint density at radius 3 is 2.93 bits per heavy atom. The lowest BCUT2D eigenvalue weighted by atomic mass is 10.2. The number of rotatable bonds is 8. The zero-order valence-electron chi connectivity index (χ0n) is 8.65. The molecule has 0 aliphatic carbocycles. The molecule has 15 heavy (non-hydrogen) atoms. The van der Waals surface area contributed by atoms with Gasteiger partial charge in [-0.3, -0.25) is 4.79 Å². The van der Waals surface area contributed by atoms with Crippen LogP contribution in [0.15, 0.2) is 17.5 Å². The van der Waals surface area contributed by atoms with E-state index >= 15 is 0 Å². The van der Waals surface area contributed by atoms with Crippen LogP contribution in [0.5, 0.6) is 0 Å². The van der Waals surface area contributed by atoms with E-state index in [0.29, 0.717) is 6.61 Å². The van der Waals surface area contributed by atoms with Crippen LogP contribution in [0.3, 0.4) is 0 Å². The van der Waals surface area contributed by atoms with Gasteiger partial charge in [0.1, 0.15) is 0 Å². The van der Waals surface area contributed by atoms with Gasteiger partial charge in [-0.15, -0.1) is 11.3 Å². The summed E-state index contributed by atoms with van der Waals surface area (Å²) in [7, 11) is 0. The molecule has 4 heteroatoms. The Hall–Kier alpha value is -0.870. The Labute approximate surface area is 93.7 Å². The highest BCUT2D eigenvalue weighted by Crippen LogP contribution is 2.10. The Balaban J connectivity index is 1.87. The van der Waals surface area contributed by atoms with Gasteiger partial charge in [-0.2, -0.15) is 0 Å². The highest BCUT2D eigenvalue weighted by Gasteiger charge is 1.97. The summed E-state index contributed by atoms with van der Waals surface area (Å²) in [5.41, 5.74) is 0. The topological polar surface area (TPSA) is 46.5 Å². The molecule has 0 spiro atoms. The summed E-state index contributed by atoms with van der Waals surface area (Å²) < 4.78 is 5.45. The average Bonchev–Trinajstić information content (AvgIpc) is 2.68. The second kappa shape index (κ2) is 7.43. The quantitative estimate of drug-likeness (QED) is 0.696. The number of hydrogen-bond donors (Lipinski definition) is 1. The largest absolute Gasteiger partial charge is 0.481 e. The molecule has 1 aromatic heterocycles. The molecular formula is C11H16O3S. The zero-order valence-corrected chi connectivity index (χ0v) is 9.46. The number of aliphatic carboxylic acids is 1. The molecule has 1 N–H and O–H groups in total. The van der Waals surface area contributed by atoms with Gasteiger partial charge >= 0.3 is 5.97 Å². The van der Waals surface area contributed by atoms with Gasteiger partial charge in [0, 0.05) is 17.9 Å². The monoisotopic (exact) mass is 228 g/mol. The summed E-state index contributed by atoms with van der Waals surface area (Å²) in [4.78, 5) is 11.5. The first-order chi connectivity index (χ1) is 7.29. The first-order valence-electron chi connectivity index (χ1n) is 5.11. The number of carboxylic acid groups (broad SMARTS) is 1. The third kappa shape index (κ3) is 6.25. The van der Waals surface area contributed by atoms with Crippen LogP contribution in [0.1, 0.15) is 30.6 Å². The van der Waals surface area contributed by atoms with Gasteiger partial charge in [0.15, 0.2) is 0 Å². The first-order valence-corrected chi connectivity index (χ1v) is 5.99. The Kier molecular flexibility index (Phi) is 6.04. The smallest absolute Gasteiger partial charge is 0.303 e. The molecule has 1 aromatic rings. The second-order valence-corrected chi connectivity index (χ2v) is 4.37. The Bertz CT molecular complexity index is 269. The first kappa shape index (κ1) is 12.2. The van der Waals surface area contributed by atoms with Gasteiger partial charge in [0.25, 0.3) is 0 Å². The molecule has 84 valence electrons. The van der Waals surface area contributed by atoms with E-state index in [1.54, 1.807) is 11.3 Å². The summed E-state index contributed by atoms with van der Waals surface area (Å²) in [6, 6.07) is 4.06. The summed E-state index contributed by atoms with van der Waals surface area (Å²) in [5, 5.41) is 10.4. The van der Waals surface area contributed by atoms with Crippen LogP contribution in [0.4, 0.5) is 0 Å². The molecular weight excluding hydrogens is 212 g/mol. The van der Waals surface area contributed by atoms with Crippen molar-refractivity contribution in [2.24, 2.45) is 0 Å². The fraction of sp³-hybridized carbons (Fsp3) is 0.545. The SMILES string of the molecule is O=C(O)CCCCCOCc1cccs1. The second-order valence-electron chi connectivity index (χ2n) is 3.34. The molecule has 1 rings (SSSR count). The number of unbranched alkanes of at least 4 members (excludes halogenated alkanes) is 2. The maximum Gasteiger partial charge on any atom is 0.303 e. The van der Waals surface area contributed by atoms with Crippen molar-refractivity contribution in [2.75, 3.05) is 6.61 Å². The molecule has 1 heterocycles. The van der Waals surface area contributed by atoms with E-state index in [0.717, 1.165) is 25.9 Å². The van der Waals surface area contributed by atoms with Crippen LogP contribution in [-0.2, 0) is 16.1 Å².